The third-order valence-corrected chi connectivity index (χ3v) is 3.17. The second kappa shape index (κ2) is 5.13. The van der Waals surface area contributed by atoms with Gasteiger partial charge in [0.05, 0.1) is 11.4 Å². The summed E-state index contributed by atoms with van der Waals surface area (Å²) in [5.41, 5.74) is 3.50. The number of hydrogen-bond acceptors (Lipinski definition) is 3. The Balaban J connectivity index is 2.00. The van der Waals surface area contributed by atoms with E-state index in [0.29, 0.717) is 6.54 Å². The molecule has 0 fully saturated rings. The lowest BCUT2D eigenvalue weighted by Crippen LogP contribution is -2.41. The zero-order valence-corrected chi connectivity index (χ0v) is 11.1. The number of hydrazone groups is 1. The Kier molecular flexibility index (Phi) is 3.16. The van der Waals surface area contributed by atoms with Crippen molar-refractivity contribution in [2.45, 2.75) is 13.5 Å². The monoisotopic (exact) mass is 266 g/mol. The molecule has 0 atom stereocenters. The maximum absolute atomic E-state index is 12.0. The van der Waals surface area contributed by atoms with Gasteiger partial charge in [-0.2, -0.15) is 10.1 Å². The Morgan fingerprint density at radius 2 is 2.15 bits per heavy atom. The van der Waals surface area contributed by atoms with Gasteiger partial charge in [0.25, 0.3) is 0 Å². The maximum Gasteiger partial charge on any atom is 0.342 e. The molecule has 2 amide bonds. The first-order valence-electron chi connectivity index (χ1n) is 6.37. The van der Waals surface area contributed by atoms with Crippen LogP contribution in [0.15, 0.2) is 53.9 Å². The second-order valence-corrected chi connectivity index (χ2v) is 4.53. The Morgan fingerprint density at radius 1 is 1.30 bits per heavy atom. The van der Waals surface area contributed by atoms with Crippen molar-refractivity contribution in [2.24, 2.45) is 5.10 Å². The molecule has 5 nitrogen and oxygen atoms in total. The molecule has 1 aromatic carbocycles. The lowest BCUT2D eigenvalue weighted by molar-refractivity contribution is 0.245. The first-order chi connectivity index (χ1) is 9.75. The summed E-state index contributed by atoms with van der Waals surface area (Å²) in [5.74, 6) is 0. The number of carbonyl (C=O) groups excluding carboxylic acids is 1. The van der Waals surface area contributed by atoms with Crippen molar-refractivity contribution in [3.8, 4) is 0 Å². The normalized spacial score (nSPS) is 14.8. The van der Waals surface area contributed by atoms with Gasteiger partial charge in [-0.25, -0.2) is 4.79 Å². The van der Waals surface area contributed by atoms with E-state index >= 15 is 0 Å². The van der Waals surface area contributed by atoms with Gasteiger partial charge in [0.1, 0.15) is 0 Å². The fourth-order valence-electron chi connectivity index (χ4n) is 2.11. The van der Waals surface area contributed by atoms with Crippen molar-refractivity contribution >= 4 is 17.4 Å². The number of aromatic nitrogens is 1. The minimum Gasteiger partial charge on any atom is -0.332 e. The summed E-state index contributed by atoms with van der Waals surface area (Å²) in [6.45, 7) is 2.40. The van der Waals surface area contributed by atoms with E-state index in [1.54, 1.807) is 12.4 Å². The predicted molar refractivity (Wildman–Crippen MR) is 77.6 cm³/mol. The SMILES string of the molecule is CC(=NN1C(=O)NCc2ccccc21)c1cccnc1. The molecule has 0 aliphatic carbocycles. The number of rotatable bonds is 2. The van der Waals surface area contributed by atoms with E-state index in [4.69, 9.17) is 0 Å². The summed E-state index contributed by atoms with van der Waals surface area (Å²) in [7, 11) is 0. The summed E-state index contributed by atoms with van der Waals surface area (Å²) in [4.78, 5) is 16.1. The number of nitrogens with zero attached hydrogens (tertiary/aromatic N) is 3. The smallest absolute Gasteiger partial charge is 0.332 e. The molecule has 3 rings (SSSR count). The van der Waals surface area contributed by atoms with Crippen LogP contribution in [0.2, 0.25) is 0 Å². The van der Waals surface area contributed by atoms with Crippen molar-refractivity contribution in [3.05, 3.63) is 59.9 Å². The molecule has 5 heteroatoms. The predicted octanol–water partition coefficient (Wildman–Crippen LogP) is 2.54. The number of para-hydroxylation sites is 1. The highest BCUT2D eigenvalue weighted by atomic mass is 16.2. The van der Waals surface area contributed by atoms with E-state index < -0.39 is 0 Å². The van der Waals surface area contributed by atoms with Gasteiger partial charge in [-0.3, -0.25) is 4.98 Å². The molecule has 20 heavy (non-hydrogen) atoms. The average molecular weight is 266 g/mol. The number of nitrogens with one attached hydrogen (secondary N) is 1. The molecule has 0 unspecified atom stereocenters. The van der Waals surface area contributed by atoms with Crippen LogP contribution in [0.3, 0.4) is 0 Å². The second-order valence-electron chi connectivity index (χ2n) is 4.53. The van der Waals surface area contributed by atoms with Crippen LogP contribution >= 0.6 is 0 Å². The van der Waals surface area contributed by atoms with Crippen LogP contribution in [0.25, 0.3) is 0 Å². The molecular weight excluding hydrogens is 252 g/mol. The molecule has 2 heterocycles. The van der Waals surface area contributed by atoms with Crippen LogP contribution in [-0.4, -0.2) is 16.7 Å². The molecule has 100 valence electrons. The molecular formula is C15H14N4O. The Labute approximate surface area is 116 Å². The first-order valence-corrected chi connectivity index (χ1v) is 6.37. The Bertz CT molecular complexity index is 667. The van der Waals surface area contributed by atoms with Gasteiger partial charge < -0.3 is 5.32 Å². The van der Waals surface area contributed by atoms with Crippen molar-refractivity contribution in [1.29, 1.82) is 0 Å². The summed E-state index contributed by atoms with van der Waals surface area (Å²) >= 11 is 0. The number of anilines is 1. The number of fused-ring (bicyclic) bond motifs is 1. The van der Waals surface area contributed by atoms with Crippen LogP contribution in [-0.2, 0) is 6.54 Å². The maximum atomic E-state index is 12.0. The summed E-state index contributed by atoms with van der Waals surface area (Å²) in [6, 6.07) is 11.3. The van der Waals surface area contributed by atoms with Gasteiger partial charge in [-0.15, -0.1) is 0 Å². The molecule has 0 saturated heterocycles. The van der Waals surface area contributed by atoms with E-state index in [9.17, 15) is 4.79 Å². The number of pyridine rings is 1. The van der Waals surface area contributed by atoms with Crippen LogP contribution in [0.5, 0.6) is 0 Å². The minimum atomic E-state index is -0.216. The highest BCUT2D eigenvalue weighted by molar-refractivity contribution is 6.02. The standard InChI is InChI=1S/C15H14N4O/c1-11(12-6-4-8-16-9-12)18-19-14-7-3-2-5-13(14)10-17-15(19)20/h2-9H,10H2,1H3,(H,17,20). The largest absolute Gasteiger partial charge is 0.342 e. The van der Waals surface area contributed by atoms with Gasteiger partial charge >= 0.3 is 6.03 Å². The summed E-state index contributed by atoms with van der Waals surface area (Å²) < 4.78 is 0. The molecule has 1 N–H and O–H groups in total. The number of urea groups is 1. The lowest BCUT2D eigenvalue weighted by Gasteiger charge is -2.26. The van der Waals surface area contributed by atoms with Gasteiger partial charge in [-0.05, 0) is 24.6 Å². The lowest BCUT2D eigenvalue weighted by atomic mass is 10.1. The van der Waals surface area contributed by atoms with E-state index in [-0.39, 0.29) is 6.03 Å². The zero-order chi connectivity index (χ0) is 13.9. The fourth-order valence-corrected chi connectivity index (χ4v) is 2.11. The van der Waals surface area contributed by atoms with Crippen LogP contribution in [0.1, 0.15) is 18.1 Å². The van der Waals surface area contributed by atoms with E-state index in [1.807, 2.05) is 43.3 Å². The van der Waals surface area contributed by atoms with Crippen molar-refractivity contribution in [1.82, 2.24) is 10.3 Å². The average Bonchev–Trinajstić information content (AvgIpc) is 2.51. The Hall–Kier alpha value is -2.69. The molecule has 1 aromatic heterocycles. The summed E-state index contributed by atoms with van der Waals surface area (Å²) in [6.07, 6.45) is 3.44. The first kappa shape index (κ1) is 12.3. The van der Waals surface area contributed by atoms with Gasteiger partial charge in [0.15, 0.2) is 0 Å². The van der Waals surface area contributed by atoms with E-state index in [1.165, 1.54) is 5.01 Å². The number of hydrogen-bond donors (Lipinski definition) is 1. The third-order valence-electron chi connectivity index (χ3n) is 3.17. The van der Waals surface area contributed by atoms with Crippen molar-refractivity contribution < 1.29 is 4.79 Å². The van der Waals surface area contributed by atoms with Crippen molar-refractivity contribution in [2.75, 3.05) is 5.01 Å². The van der Waals surface area contributed by atoms with Crippen LogP contribution in [0.4, 0.5) is 10.5 Å². The van der Waals surface area contributed by atoms with Crippen LogP contribution in [0, 0.1) is 0 Å². The fraction of sp³-hybridized carbons (Fsp3) is 0.133. The van der Waals surface area contributed by atoms with E-state index in [0.717, 1.165) is 22.5 Å². The molecule has 0 saturated carbocycles. The van der Waals surface area contributed by atoms with Crippen molar-refractivity contribution in [3.63, 3.8) is 0 Å². The van der Waals surface area contributed by atoms with Gasteiger partial charge in [0.2, 0.25) is 0 Å². The zero-order valence-electron chi connectivity index (χ0n) is 11.1. The van der Waals surface area contributed by atoms with Gasteiger partial charge in [0, 0.05) is 24.5 Å². The number of benzene rings is 1. The molecule has 2 aromatic rings. The summed E-state index contributed by atoms with van der Waals surface area (Å²) in [5, 5.41) is 8.64. The molecule has 0 radical (unpaired) electrons. The number of carbonyl (C=O) groups is 1. The molecule has 0 spiro atoms. The third kappa shape index (κ3) is 2.25. The molecule has 1 aliphatic rings. The topological polar surface area (TPSA) is 57.6 Å². The molecule has 0 bridgehead atoms. The highest BCUT2D eigenvalue weighted by Gasteiger charge is 2.23. The highest BCUT2D eigenvalue weighted by Crippen LogP contribution is 2.24. The van der Waals surface area contributed by atoms with Gasteiger partial charge in [-0.1, -0.05) is 24.3 Å². The van der Waals surface area contributed by atoms with Crippen LogP contribution < -0.4 is 10.3 Å². The number of amides is 2. The quantitative estimate of drug-likeness (QED) is 0.849. The minimum absolute atomic E-state index is 0.216. The van der Waals surface area contributed by atoms with E-state index in [2.05, 4.69) is 15.4 Å². The molecule has 1 aliphatic heterocycles. The Morgan fingerprint density at radius 3 is 2.95 bits per heavy atom.